The van der Waals surface area contributed by atoms with Crippen molar-refractivity contribution in [2.45, 2.75) is 32.7 Å². The van der Waals surface area contributed by atoms with Crippen LogP contribution in [-0.4, -0.2) is 16.0 Å². The van der Waals surface area contributed by atoms with Gasteiger partial charge in [0, 0.05) is 18.5 Å². The SMILES string of the molecule is Cc1nc(NN)cc(NC(C)CCc2ccco2)n1. The van der Waals surface area contributed by atoms with Gasteiger partial charge in [-0.25, -0.2) is 15.8 Å². The summed E-state index contributed by atoms with van der Waals surface area (Å²) in [6.07, 6.45) is 3.55. The molecular formula is C13H19N5O. The first-order valence-corrected chi connectivity index (χ1v) is 6.28. The van der Waals surface area contributed by atoms with Gasteiger partial charge in [0.25, 0.3) is 0 Å². The molecule has 0 saturated carbocycles. The van der Waals surface area contributed by atoms with Crippen molar-refractivity contribution in [1.29, 1.82) is 0 Å². The van der Waals surface area contributed by atoms with E-state index in [0.29, 0.717) is 11.6 Å². The van der Waals surface area contributed by atoms with Crippen molar-refractivity contribution in [3.05, 3.63) is 36.0 Å². The molecule has 4 N–H and O–H groups in total. The van der Waals surface area contributed by atoms with Gasteiger partial charge in [-0.3, -0.25) is 0 Å². The Hall–Kier alpha value is -2.08. The molecule has 0 bridgehead atoms. The molecule has 1 unspecified atom stereocenters. The number of hydrogen-bond acceptors (Lipinski definition) is 6. The Morgan fingerprint density at radius 3 is 2.84 bits per heavy atom. The van der Waals surface area contributed by atoms with E-state index in [1.54, 1.807) is 12.3 Å². The number of nitrogens with two attached hydrogens (primary N) is 1. The normalized spacial score (nSPS) is 12.2. The lowest BCUT2D eigenvalue weighted by molar-refractivity contribution is 0.495. The lowest BCUT2D eigenvalue weighted by atomic mass is 10.1. The standard InChI is InChI=1S/C13H19N5O/c1-9(5-6-11-4-3-7-19-11)15-12-8-13(18-14)17-10(2)16-12/h3-4,7-9H,5-6,14H2,1-2H3,(H2,15,16,17,18). The highest BCUT2D eigenvalue weighted by atomic mass is 16.3. The molecule has 0 aliphatic carbocycles. The predicted octanol–water partition coefficient (Wildman–Crippen LogP) is 2.10. The summed E-state index contributed by atoms with van der Waals surface area (Å²) in [6.45, 7) is 3.94. The maximum absolute atomic E-state index is 5.36. The summed E-state index contributed by atoms with van der Waals surface area (Å²) in [7, 11) is 0. The average Bonchev–Trinajstić information content (AvgIpc) is 2.88. The number of anilines is 2. The van der Waals surface area contributed by atoms with E-state index in [9.17, 15) is 0 Å². The summed E-state index contributed by atoms with van der Waals surface area (Å²) in [5.74, 6) is 8.41. The van der Waals surface area contributed by atoms with Crippen LogP contribution in [-0.2, 0) is 6.42 Å². The molecule has 2 aromatic rings. The van der Waals surface area contributed by atoms with Gasteiger partial charge in [0.05, 0.1) is 6.26 Å². The molecule has 0 aliphatic rings. The molecule has 0 saturated heterocycles. The number of nitrogens with zero attached hydrogens (tertiary/aromatic N) is 2. The molecule has 1 atom stereocenters. The van der Waals surface area contributed by atoms with Crippen molar-refractivity contribution in [1.82, 2.24) is 9.97 Å². The summed E-state index contributed by atoms with van der Waals surface area (Å²) in [6, 6.07) is 5.96. The number of hydrazine groups is 1. The minimum absolute atomic E-state index is 0.282. The van der Waals surface area contributed by atoms with Crippen molar-refractivity contribution in [2.75, 3.05) is 10.7 Å². The van der Waals surface area contributed by atoms with Crippen LogP contribution in [0.4, 0.5) is 11.6 Å². The first-order chi connectivity index (χ1) is 9.17. The quantitative estimate of drug-likeness (QED) is 0.545. The van der Waals surface area contributed by atoms with Crippen LogP contribution < -0.4 is 16.6 Å². The van der Waals surface area contributed by atoms with Crippen molar-refractivity contribution < 1.29 is 4.42 Å². The smallest absolute Gasteiger partial charge is 0.145 e. The molecule has 0 radical (unpaired) electrons. The summed E-state index contributed by atoms with van der Waals surface area (Å²) < 4.78 is 5.31. The molecule has 0 spiro atoms. The van der Waals surface area contributed by atoms with E-state index in [1.807, 2.05) is 19.1 Å². The van der Waals surface area contributed by atoms with Gasteiger partial charge < -0.3 is 15.2 Å². The van der Waals surface area contributed by atoms with Crippen molar-refractivity contribution in [3.63, 3.8) is 0 Å². The monoisotopic (exact) mass is 261 g/mol. The van der Waals surface area contributed by atoms with Gasteiger partial charge in [0.1, 0.15) is 23.2 Å². The summed E-state index contributed by atoms with van der Waals surface area (Å²) in [5.41, 5.74) is 2.53. The minimum atomic E-state index is 0.282. The molecular weight excluding hydrogens is 242 g/mol. The lowest BCUT2D eigenvalue weighted by Gasteiger charge is -2.14. The highest BCUT2D eigenvalue weighted by molar-refractivity contribution is 5.47. The summed E-state index contributed by atoms with van der Waals surface area (Å²) >= 11 is 0. The molecule has 19 heavy (non-hydrogen) atoms. The van der Waals surface area contributed by atoms with E-state index >= 15 is 0 Å². The number of rotatable bonds is 6. The van der Waals surface area contributed by atoms with E-state index in [4.69, 9.17) is 10.3 Å². The Morgan fingerprint density at radius 1 is 1.37 bits per heavy atom. The van der Waals surface area contributed by atoms with Crippen LogP contribution in [0, 0.1) is 6.92 Å². The fourth-order valence-electron chi connectivity index (χ4n) is 1.85. The van der Waals surface area contributed by atoms with E-state index in [2.05, 4.69) is 27.6 Å². The Labute approximate surface area is 112 Å². The third-order valence-electron chi connectivity index (χ3n) is 2.78. The van der Waals surface area contributed by atoms with Gasteiger partial charge in [-0.15, -0.1) is 0 Å². The van der Waals surface area contributed by atoms with E-state index in [0.717, 1.165) is 24.4 Å². The average molecular weight is 261 g/mol. The van der Waals surface area contributed by atoms with Gasteiger partial charge in [-0.1, -0.05) is 0 Å². The zero-order chi connectivity index (χ0) is 13.7. The minimum Gasteiger partial charge on any atom is -0.469 e. The van der Waals surface area contributed by atoms with Crippen LogP contribution in [0.25, 0.3) is 0 Å². The maximum Gasteiger partial charge on any atom is 0.145 e. The molecule has 0 aliphatic heterocycles. The number of nitrogens with one attached hydrogen (secondary N) is 2. The molecule has 0 aromatic carbocycles. The van der Waals surface area contributed by atoms with Crippen LogP contribution >= 0.6 is 0 Å². The van der Waals surface area contributed by atoms with Gasteiger partial charge in [0.15, 0.2) is 0 Å². The fraction of sp³-hybridized carbons (Fsp3) is 0.385. The molecule has 6 nitrogen and oxygen atoms in total. The van der Waals surface area contributed by atoms with Crippen molar-refractivity contribution >= 4 is 11.6 Å². The number of furan rings is 1. The summed E-state index contributed by atoms with van der Waals surface area (Å²) in [5, 5.41) is 3.33. The predicted molar refractivity (Wildman–Crippen MR) is 74.7 cm³/mol. The number of nitrogen functional groups attached to an aromatic ring is 1. The second kappa shape index (κ2) is 6.19. The van der Waals surface area contributed by atoms with Crippen LogP contribution in [0.15, 0.2) is 28.9 Å². The fourth-order valence-corrected chi connectivity index (χ4v) is 1.85. The molecule has 0 fully saturated rings. The largest absolute Gasteiger partial charge is 0.469 e. The number of hydrogen-bond donors (Lipinski definition) is 3. The highest BCUT2D eigenvalue weighted by Crippen LogP contribution is 2.13. The van der Waals surface area contributed by atoms with E-state index in [-0.39, 0.29) is 6.04 Å². The van der Waals surface area contributed by atoms with Crippen LogP contribution in [0.5, 0.6) is 0 Å². The maximum atomic E-state index is 5.36. The van der Waals surface area contributed by atoms with Crippen LogP contribution in [0.1, 0.15) is 24.9 Å². The Kier molecular flexibility index (Phi) is 4.35. The van der Waals surface area contributed by atoms with Gasteiger partial charge in [-0.2, -0.15) is 0 Å². The number of aromatic nitrogens is 2. The molecule has 102 valence electrons. The molecule has 2 heterocycles. The Balaban J connectivity index is 1.91. The topological polar surface area (TPSA) is 89.0 Å². The second-order valence-corrected chi connectivity index (χ2v) is 4.49. The first kappa shape index (κ1) is 13.4. The van der Waals surface area contributed by atoms with Crippen molar-refractivity contribution in [3.8, 4) is 0 Å². The van der Waals surface area contributed by atoms with Crippen molar-refractivity contribution in [2.24, 2.45) is 5.84 Å². The molecule has 2 rings (SSSR count). The van der Waals surface area contributed by atoms with Crippen LogP contribution in [0.2, 0.25) is 0 Å². The Bertz CT molecular complexity index is 512. The molecule has 6 heteroatoms. The first-order valence-electron chi connectivity index (χ1n) is 6.28. The zero-order valence-corrected chi connectivity index (χ0v) is 11.2. The van der Waals surface area contributed by atoms with Crippen LogP contribution in [0.3, 0.4) is 0 Å². The zero-order valence-electron chi connectivity index (χ0n) is 11.2. The van der Waals surface area contributed by atoms with Gasteiger partial charge in [0.2, 0.25) is 0 Å². The second-order valence-electron chi connectivity index (χ2n) is 4.49. The van der Waals surface area contributed by atoms with Gasteiger partial charge >= 0.3 is 0 Å². The van der Waals surface area contributed by atoms with E-state index < -0.39 is 0 Å². The Morgan fingerprint density at radius 2 is 2.16 bits per heavy atom. The van der Waals surface area contributed by atoms with Gasteiger partial charge in [-0.05, 0) is 32.4 Å². The summed E-state index contributed by atoms with van der Waals surface area (Å²) in [4.78, 5) is 8.47. The third-order valence-corrected chi connectivity index (χ3v) is 2.78. The molecule has 0 amide bonds. The third kappa shape index (κ3) is 3.96. The van der Waals surface area contributed by atoms with E-state index in [1.165, 1.54) is 0 Å². The lowest BCUT2D eigenvalue weighted by Crippen LogP contribution is -2.18. The molecule has 2 aromatic heterocycles. The number of aryl methyl sites for hydroxylation is 2. The highest BCUT2D eigenvalue weighted by Gasteiger charge is 2.07.